The van der Waals surface area contributed by atoms with Crippen LogP contribution in [0.4, 0.5) is 8.78 Å². The van der Waals surface area contributed by atoms with Gasteiger partial charge in [-0.05, 0) is 31.7 Å². The van der Waals surface area contributed by atoms with Crippen LogP contribution in [0.3, 0.4) is 0 Å². The first kappa shape index (κ1) is 13.5. The van der Waals surface area contributed by atoms with Crippen molar-refractivity contribution in [2.45, 2.75) is 51.6 Å². The lowest BCUT2D eigenvalue weighted by Crippen LogP contribution is -2.35. The molecular weight excluding hydrogens is 232 g/mol. The largest absolute Gasteiger partial charge is 0.307 e. The van der Waals surface area contributed by atoms with Gasteiger partial charge in [-0.1, -0.05) is 31.9 Å². The highest BCUT2D eigenvalue weighted by Crippen LogP contribution is 2.26. The van der Waals surface area contributed by atoms with E-state index in [9.17, 15) is 8.78 Å². The molecule has 0 saturated heterocycles. The fraction of sp³-hybridized carbons (Fsp3) is 0.600. The Morgan fingerprint density at radius 3 is 2.78 bits per heavy atom. The van der Waals surface area contributed by atoms with Gasteiger partial charge in [-0.25, -0.2) is 8.78 Å². The molecule has 1 fully saturated rings. The SMILES string of the molecule is CC1CCCC(NC(C)c2cccc(F)c2F)C1. The molecule has 2 rings (SSSR count). The number of benzene rings is 1. The summed E-state index contributed by atoms with van der Waals surface area (Å²) in [7, 11) is 0. The molecule has 1 N–H and O–H groups in total. The second-order valence-corrected chi connectivity index (χ2v) is 5.50. The third kappa shape index (κ3) is 3.08. The molecule has 1 aliphatic rings. The van der Waals surface area contributed by atoms with Gasteiger partial charge in [0.15, 0.2) is 11.6 Å². The van der Waals surface area contributed by atoms with E-state index in [1.807, 2.05) is 6.92 Å². The van der Waals surface area contributed by atoms with Crippen molar-refractivity contribution >= 4 is 0 Å². The first-order valence-corrected chi connectivity index (χ1v) is 6.78. The molecule has 0 aliphatic heterocycles. The van der Waals surface area contributed by atoms with Crippen LogP contribution >= 0.6 is 0 Å². The van der Waals surface area contributed by atoms with Crippen LogP contribution in [0.15, 0.2) is 18.2 Å². The first-order chi connectivity index (χ1) is 8.58. The minimum absolute atomic E-state index is 0.143. The zero-order valence-corrected chi connectivity index (χ0v) is 11.0. The van der Waals surface area contributed by atoms with Crippen molar-refractivity contribution in [2.24, 2.45) is 5.92 Å². The molecule has 18 heavy (non-hydrogen) atoms. The van der Waals surface area contributed by atoms with E-state index in [4.69, 9.17) is 0 Å². The molecule has 1 saturated carbocycles. The van der Waals surface area contributed by atoms with E-state index in [0.29, 0.717) is 11.6 Å². The molecule has 0 radical (unpaired) electrons. The summed E-state index contributed by atoms with van der Waals surface area (Å²) in [4.78, 5) is 0. The lowest BCUT2D eigenvalue weighted by atomic mass is 9.86. The van der Waals surface area contributed by atoms with Gasteiger partial charge in [0.1, 0.15) is 0 Å². The van der Waals surface area contributed by atoms with Gasteiger partial charge in [0.05, 0.1) is 0 Å². The molecular formula is C15H21F2N. The molecule has 1 aromatic carbocycles. The van der Waals surface area contributed by atoms with Gasteiger partial charge in [-0.3, -0.25) is 0 Å². The van der Waals surface area contributed by atoms with E-state index >= 15 is 0 Å². The van der Waals surface area contributed by atoms with E-state index in [-0.39, 0.29) is 6.04 Å². The predicted molar refractivity (Wildman–Crippen MR) is 69.3 cm³/mol. The van der Waals surface area contributed by atoms with E-state index in [1.54, 1.807) is 12.1 Å². The quantitative estimate of drug-likeness (QED) is 0.851. The van der Waals surface area contributed by atoms with Crippen molar-refractivity contribution in [3.8, 4) is 0 Å². The third-order valence-electron chi connectivity index (χ3n) is 3.87. The summed E-state index contributed by atoms with van der Waals surface area (Å²) < 4.78 is 26.8. The normalized spacial score (nSPS) is 26.0. The highest BCUT2D eigenvalue weighted by atomic mass is 19.2. The Morgan fingerprint density at radius 2 is 2.06 bits per heavy atom. The molecule has 0 aromatic heterocycles. The average molecular weight is 253 g/mol. The molecule has 3 atom stereocenters. The summed E-state index contributed by atoms with van der Waals surface area (Å²) in [6.07, 6.45) is 4.75. The van der Waals surface area contributed by atoms with Crippen molar-refractivity contribution in [3.63, 3.8) is 0 Å². The maximum absolute atomic E-state index is 13.7. The lowest BCUT2D eigenvalue weighted by Gasteiger charge is -2.30. The highest BCUT2D eigenvalue weighted by Gasteiger charge is 2.22. The molecule has 0 bridgehead atoms. The summed E-state index contributed by atoms with van der Waals surface area (Å²) in [5, 5.41) is 3.43. The second-order valence-electron chi connectivity index (χ2n) is 5.50. The Labute approximate surface area is 108 Å². The summed E-state index contributed by atoms with van der Waals surface area (Å²) >= 11 is 0. The standard InChI is InChI=1S/C15H21F2N/c1-10-5-3-6-12(9-10)18-11(2)13-7-4-8-14(16)15(13)17/h4,7-8,10-12,18H,3,5-6,9H2,1-2H3. The molecule has 3 unspecified atom stereocenters. The third-order valence-corrected chi connectivity index (χ3v) is 3.87. The first-order valence-electron chi connectivity index (χ1n) is 6.78. The molecule has 0 amide bonds. The Hall–Kier alpha value is -0.960. The number of rotatable bonds is 3. The molecule has 1 aromatic rings. The Kier molecular flexibility index (Phi) is 4.33. The van der Waals surface area contributed by atoms with Gasteiger partial charge in [0, 0.05) is 17.6 Å². The molecule has 0 heterocycles. The number of halogens is 2. The van der Waals surface area contributed by atoms with Crippen molar-refractivity contribution in [1.82, 2.24) is 5.32 Å². The smallest absolute Gasteiger partial charge is 0.163 e. The summed E-state index contributed by atoms with van der Waals surface area (Å²) in [6.45, 7) is 4.15. The maximum Gasteiger partial charge on any atom is 0.163 e. The van der Waals surface area contributed by atoms with E-state index in [2.05, 4.69) is 12.2 Å². The van der Waals surface area contributed by atoms with Crippen LogP contribution in [0.1, 0.15) is 51.1 Å². The Balaban J connectivity index is 2.02. The molecule has 3 heteroatoms. The van der Waals surface area contributed by atoms with Crippen LogP contribution in [-0.2, 0) is 0 Å². The van der Waals surface area contributed by atoms with Crippen LogP contribution in [0, 0.1) is 17.6 Å². The van der Waals surface area contributed by atoms with Crippen LogP contribution < -0.4 is 5.32 Å². The van der Waals surface area contributed by atoms with Crippen LogP contribution in [0.25, 0.3) is 0 Å². The van der Waals surface area contributed by atoms with Gasteiger partial charge in [0.25, 0.3) is 0 Å². The molecule has 1 aliphatic carbocycles. The number of hydrogen-bond acceptors (Lipinski definition) is 1. The van der Waals surface area contributed by atoms with Gasteiger partial charge < -0.3 is 5.32 Å². The average Bonchev–Trinajstić information content (AvgIpc) is 2.32. The summed E-state index contributed by atoms with van der Waals surface area (Å²) in [6, 6.07) is 4.66. The van der Waals surface area contributed by atoms with Gasteiger partial charge in [0.2, 0.25) is 0 Å². The van der Waals surface area contributed by atoms with E-state index in [1.165, 1.54) is 12.8 Å². The zero-order chi connectivity index (χ0) is 13.1. The Bertz CT molecular complexity index is 405. The monoisotopic (exact) mass is 253 g/mol. The molecule has 1 nitrogen and oxygen atoms in total. The zero-order valence-electron chi connectivity index (χ0n) is 11.0. The fourth-order valence-electron chi connectivity index (χ4n) is 2.88. The van der Waals surface area contributed by atoms with E-state index < -0.39 is 11.6 Å². The second kappa shape index (κ2) is 5.79. The van der Waals surface area contributed by atoms with Crippen molar-refractivity contribution in [3.05, 3.63) is 35.4 Å². The fourth-order valence-corrected chi connectivity index (χ4v) is 2.88. The Morgan fingerprint density at radius 1 is 1.28 bits per heavy atom. The van der Waals surface area contributed by atoms with Crippen molar-refractivity contribution in [1.29, 1.82) is 0 Å². The van der Waals surface area contributed by atoms with Gasteiger partial charge in [-0.2, -0.15) is 0 Å². The van der Waals surface area contributed by atoms with Crippen LogP contribution in [-0.4, -0.2) is 6.04 Å². The molecule has 0 spiro atoms. The van der Waals surface area contributed by atoms with Crippen LogP contribution in [0.2, 0.25) is 0 Å². The minimum atomic E-state index is -0.766. The van der Waals surface area contributed by atoms with Gasteiger partial charge in [-0.15, -0.1) is 0 Å². The van der Waals surface area contributed by atoms with Gasteiger partial charge >= 0.3 is 0 Å². The number of nitrogens with one attached hydrogen (secondary N) is 1. The highest BCUT2D eigenvalue weighted by molar-refractivity contribution is 5.22. The van der Waals surface area contributed by atoms with Crippen LogP contribution in [0.5, 0.6) is 0 Å². The van der Waals surface area contributed by atoms with Crippen molar-refractivity contribution in [2.75, 3.05) is 0 Å². The van der Waals surface area contributed by atoms with Crippen molar-refractivity contribution < 1.29 is 8.78 Å². The molecule has 100 valence electrons. The summed E-state index contributed by atoms with van der Waals surface area (Å²) in [5.41, 5.74) is 0.424. The summed E-state index contributed by atoms with van der Waals surface area (Å²) in [5.74, 6) is -0.764. The topological polar surface area (TPSA) is 12.0 Å². The minimum Gasteiger partial charge on any atom is -0.307 e. The number of hydrogen-bond donors (Lipinski definition) is 1. The lowest BCUT2D eigenvalue weighted by molar-refractivity contribution is 0.283. The van der Waals surface area contributed by atoms with E-state index in [0.717, 1.165) is 24.8 Å². The predicted octanol–water partition coefficient (Wildman–Crippen LogP) is 4.19. The maximum atomic E-state index is 13.7.